The van der Waals surface area contributed by atoms with E-state index in [2.05, 4.69) is 20.3 Å². The Morgan fingerprint density at radius 2 is 1.93 bits per heavy atom. The van der Waals surface area contributed by atoms with Crippen molar-refractivity contribution >= 4 is 55.2 Å². The maximum atomic E-state index is 15.2. The molecule has 0 aliphatic heterocycles. The average Bonchev–Trinajstić information content (AvgIpc) is 3.44. The van der Waals surface area contributed by atoms with Gasteiger partial charge >= 0.3 is 0 Å². The smallest absolute Gasteiger partial charge is 0.149 e. The van der Waals surface area contributed by atoms with E-state index in [-0.39, 0.29) is 30.3 Å². The Hall–Kier alpha value is -3.71. The molecule has 0 spiro atoms. The molecule has 1 atom stereocenters. The molecule has 0 bridgehead atoms. The summed E-state index contributed by atoms with van der Waals surface area (Å²) in [5.74, 6) is -0.0709. The van der Waals surface area contributed by atoms with Gasteiger partial charge in [0.1, 0.15) is 57.1 Å². The van der Waals surface area contributed by atoms with Crippen LogP contribution in [0.15, 0.2) is 66.3 Å². The highest BCUT2D eigenvalue weighted by atomic mass is 35.5. The Morgan fingerprint density at radius 3 is 2.67 bits per heavy atom. The lowest BCUT2D eigenvalue weighted by Gasteiger charge is -2.13. The van der Waals surface area contributed by atoms with Gasteiger partial charge in [-0.1, -0.05) is 30.7 Å². The lowest BCUT2D eigenvalue weighted by atomic mass is 10.1. The van der Waals surface area contributed by atoms with E-state index < -0.39 is 21.8 Å². The first-order valence-corrected chi connectivity index (χ1v) is 16.5. The molecule has 1 unspecified atom stereocenters. The first-order chi connectivity index (χ1) is 20.6. The van der Waals surface area contributed by atoms with E-state index in [9.17, 15) is 12.8 Å². The van der Waals surface area contributed by atoms with Crippen LogP contribution >= 0.6 is 22.9 Å². The summed E-state index contributed by atoms with van der Waals surface area (Å²) in [7, 11) is -3.15. The molecule has 43 heavy (non-hydrogen) atoms. The van der Waals surface area contributed by atoms with Crippen LogP contribution in [0.5, 0.6) is 5.75 Å². The first kappa shape index (κ1) is 30.7. The monoisotopic (exact) mass is 644 g/mol. The summed E-state index contributed by atoms with van der Waals surface area (Å²) in [5.41, 5.74) is 2.36. The van der Waals surface area contributed by atoms with Crippen molar-refractivity contribution in [3.8, 4) is 17.0 Å². The predicted molar refractivity (Wildman–Crippen MR) is 165 cm³/mol. The van der Waals surface area contributed by atoms with E-state index in [0.717, 1.165) is 6.26 Å². The second-order valence-corrected chi connectivity index (χ2v) is 13.3. The number of rotatable bonds is 12. The van der Waals surface area contributed by atoms with Gasteiger partial charge in [-0.15, -0.1) is 11.3 Å². The van der Waals surface area contributed by atoms with Gasteiger partial charge in [-0.25, -0.2) is 32.2 Å². The summed E-state index contributed by atoms with van der Waals surface area (Å²) in [4.78, 5) is 13.2. The van der Waals surface area contributed by atoms with Gasteiger partial charge in [-0.2, -0.15) is 0 Å². The normalized spacial score (nSPS) is 12.4. The Balaban J connectivity index is 1.36. The molecule has 0 amide bonds. The van der Waals surface area contributed by atoms with Crippen molar-refractivity contribution < 1.29 is 26.7 Å². The van der Waals surface area contributed by atoms with Crippen molar-refractivity contribution in [2.75, 3.05) is 23.9 Å². The Morgan fingerprint density at radius 1 is 1.09 bits per heavy atom. The van der Waals surface area contributed by atoms with Gasteiger partial charge in [0.05, 0.1) is 28.6 Å². The molecule has 5 aromatic rings. The fourth-order valence-corrected chi connectivity index (χ4v) is 5.84. The minimum atomic E-state index is -3.15. The van der Waals surface area contributed by atoms with Crippen LogP contribution < -0.4 is 10.1 Å². The maximum absolute atomic E-state index is 15.2. The number of nitrogens with one attached hydrogen (secondary N) is 1. The van der Waals surface area contributed by atoms with Crippen LogP contribution in [-0.2, 0) is 21.2 Å². The van der Waals surface area contributed by atoms with Crippen molar-refractivity contribution in [1.29, 1.82) is 0 Å². The fraction of sp³-hybridized carbons (Fsp3) is 0.233. The topological polar surface area (TPSA) is 103 Å². The highest BCUT2D eigenvalue weighted by molar-refractivity contribution is 7.90. The second-order valence-electron chi connectivity index (χ2n) is 9.73. The molecular weight excluding hydrogens is 618 g/mol. The van der Waals surface area contributed by atoms with Gasteiger partial charge < -0.3 is 14.8 Å². The van der Waals surface area contributed by atoms with E-state index in [1.807, 2.05) is 6.92 Å². The number of nitrogens with zero attached hydrogens (tertiary/aromatic N) is 3. The summed E-state index contributed by atoms with van der Waals surface area (Å²) in [6.45, 7) is 2.11. The minimum Gasteiger partial charge on any atom is -0.487 e. The molecular formula is C30H27ClF2N4O4S2. The van der Waals surface area contributed by atoms with Gasteiger partial charge in [0.2, 0.25) is 0 Å². The molecule has 2 heterocycles. The zero-order valence-electron chi connectivity index (χ0n) is 23.2. The average molecular weight is 645 g/mol. The minimum absolute atomic E-state index is 0.0487. The van der Waals surface area contributed by atoms with Crippen LogP contribution in [0.2, 0.25) is 5.02 Å². The molecule has 0 saturated heterocycles. The zero-order chi connectivity index (χ0) is 30.6. The molecule has 224 valence electrons. The van der Waals surface area contributed by atoms with Crippen molar-refractivity contribution in [3.63, 3.8) is 0 Å². The number of hydrogen-bond acceptors (Lipinski definition) is 9. The number of anilines is 2. The van der Waals surface area contributed by atoms with Crippen molar-refractivity contribution in [2.24, 2.45) is 0 Å². The van der Waals surface area contributed by atoms with Gasteiger partial charge in [0, 0.05) is 34.3 Å². The zero-order valence-corrected chi connectivity index (χ0v) is 25.6. The standard InChI is InChI=1S/C30H27ClF2N4O4S2/c1-3-27(40-9-10-43(2,38)39)30-37-26(16-42-30)21-13-22-25(14-24(21)33)34-17-35-29(22)36-20-7-8-28(23(31)12-20)41-15-18-5-4-6-19(32)11-18/h4-8,11-14,16-17,27H,3,9-10,15H2,1-2H3,(H,34,35,36). The lowest BCUT2D eigenvalue weighted by Crippen LogP contribution is -2.13. The van der Waals surface area contributed by atoms with Crippen LogP contribution in [0.1, 0.15) is 30.0 Å². The number of sulfone groups is 1. The number of halogens is 3. The Labute approximate surface area is 256 Å². The van der Waals surface area contributed by atoms with Crippen LogP contribution in [0.3, 0.4) is 0 Å². The van der Waals surface area contributed by atoms with Gasteiger partial charge in [-0.05, 0) is 48.4 Å². The third kappa shape index (κ3) is 7.82. The molecule has 0 aliphatic rings. The highest BCUT2D eigenvalue weighted by Gasteiger charge is 2.19. The summed E-state index contributed by atoms with van der Waals surface area (Å²) in [5, 5.41) is 6.48. The summed E-state index contributed by atoms with van der Waals surface area (Å²) < 4.78 is 63.1. The molecule has 8 nitrogen and oxygen atoms in total. The quantitative estimate of drug-likeness (QED) is 0.149. The largest absolute Gasteiger partial charge is 0.487 e. The molecule has 0 fully saturated rings. The molecule has 13 heteroatoms. The second kappa shape index (κ2) is 13.3. The van der Waals surface area contributed by atoms with Gasteiger partial charge in [0.25, 0.3) is 0 Å². The van der Waals surface area contributed by atoms with Crippen LogP contribution in [0, 0.1) is 11.6 Å². The van der Waals surface area contributed by atoms with Crippen LogP contribution in [0.4, 0.5) is 20.3 Å². The molecule has 0 radical (unpaired) electrons. The summed E-state index contributed by atoms with van der Waals surface area (Å²) in [6.07, 6.45) is 2.66. The maximum Gasteiger partial charge on any atom is 0.149 e. The Kier molecular flexibility index (Phi) is 9.50. The van der Waals surface area contributed by atoms with Crippen molar-refractivity contribution in [2.45, 2.75) is 26.1 Å². The van der Waals surface area contributed by atoms with E-state index in [4.69, 9.17) is 21.1 Å². The highest BCUT2D eigenvalue weighted by Crippen LogP contribution is 2.35. The number of fused-ring (bicyclic) bond motifs is 1. The molecule has 3 aromatic carbocycles. The van der Waals surface area contributed by atoms with E-state index in [1.165, 1.54) is 35.9 Å². The predicted octanol–water partition coefficient (Wildman–Crippen LogP) is 7.52. The van der Waals surface area contributed by atoms with Crippen LogP contribution in [-0.4, -0.2) is 42.0 Å². The van der Waals surface area contributed by atoms with Gasteiger partial charge in [-0.3, -0.25) is 0 Å². The molecule has 0 saturated carbocycles. The molecule has 2 aromatic heterocycles. The van der Waals surface area contributed by atoms with E-state index >= 15 is 4.39 Å². The van der Waals surface area contributed by atoms with Crippen molar-refractivity contribution in [1.82, 2.24) is 15.0 Å². The lowest BCUT2D eigenvalue weighted by molar-refractivity contribution is 0.0610. The van der Waals surface area contributed by atoms with Gasteiger partial charge in [0.15, 0.2) is 0 Å². The van der Waals surface area contributed by atoms with Crippen LogP contribution in [0.25, 0.3) is 22.2 Å². The third-order valence-corrected chi connectivity index (χ3v) is 8.56. The number of hydrogen-bond donors (Lipinski definition) is 1. The Bertz CT molecular complexity index is 1870. The number of aromatic nitrogens is 3. The molecule has 5 rings (SSSR count). The number of thiazole rings is 1. The third-order valence-electron chi connectivity index (χ3n) is 6.42. The summed E-state index contributed by atoms with van der Waals surface area (Å²) in [6, 6.07) is 14.2. The number of benzene rings is 3. The fourth-order valence-electron chi connectivity index (χ4n) is 4.26. The van der Waals surface area contributed by atoms with E-state index in [0.29, 0.717) is 55.9 Å². The number of ether oxygens (including phenoxy) is 2. The van der Waals surface area contributed by atoms with Crippen molar-refractivity contribution in [3.05, 3.63) is 93.5 Å². The molecule has 1 N–H and O–H groups in total. The summed E-state index contributed by atoms with van der Waals surface area (Å²) >= 11 is 7.78. The molecule has 0 aliphatic carbocycles. The SMILES string of the molecule is CCC(OCCS(C)(=O)=O)c1nc(-c2cc3c(Nc4ccc(OCc5cccc(F)c5)c(Cl)c4)ncnc3cc2F)cs1. The first-order valence-electron chi connectivity index (χ1n) is 13.2. The van der Waals surface area contributed by atoms with E-state index in [1.54, 1.807) is 41.8 Å².